The fourth-order valence-electron chi connectivity index (χ4n) is 2.44. The molecule has 7 nitrogen and oxygen atoms in total. The van der Waals surface area contributed by atoms with E-state index >= 15 is 0 Å². The average molecular weight is 346 g/mol. The van der Waals surface area contributed by atoms with Crippen LogP contribution in [0.15, 0.2) is 4.42 Å². The van der Waals surface area contributed by atoms with Gasteiger partial charge in [-0.25, -0.2) is 13.6 Å². The molecule has 0 saturated carbocycles. The van der Waals surface area contributed by atoms with E-state index < -0.39 is 30.1 Å². The van der Waals surface area contributed by atoms with Crippen LogP contribution in [0.3, 0.4) is 0 Å². The smallest absolute Gasteiger partial charge is 0.407 e. The zero-order valence-corrected chi connectivity index (χ0v) is 14.5. The summed E-state index contributed by atoms with van der Waals surface area (Å²) in [6, 6.07) is -0.563. The van der Waals surface area contributed by atoms with Gasteiger partial charge in [0.05, 0.1) is 12.0 Å². The van der Waals surface area contributed by atoms with Gasteiger partial charge in [-0.2, -0.15) is 0 Å². The van der Waals surface area contributed by atoms with E-state index in [4.69, 9.17) is 9.15 Å². The fraction of sp³-hybridized carbons (Fsp3) is 0.800. The van der Waals surface area contributed by atoms with Crippen LogP contribution in [0.1, 0.15) is 46.4 Å². The Bertz CT molecular complexity index is 571. The molecule has 24 heavy (non-hydrogen) atoms. The van der Waals surface area contributed by atoms with E-state index in [9.17, 15) is 13.6 Å². The maximum absolute atomic E-state index is 13.3. The van der Waals surface area contributed by atoms with Crippen molar-refractivity contribution in [2.45, 2.75) is 58.6 Å². The molecule has 2 atom stereocenters. The molecule has 1 amide bonds. The van der Waals surface area contributed by atoms with Crippen molar-refractivity contribution in [3.63, 3.8) is 0 Å². The summed E-state index contributed by atoms with van der Waals surface area (Å²) in [5, 5.41) is 10.3. The lowest BCUT2D eigenvalue weighted by atomic mass is 10.1. The van der Waals surface area contributed by atoms with Crippen molar-refractivity contribution in [3.8, 4) is 0 Å². The van der Waals surface area contributed by atoms with Gasteiger partial charge in [0.15, 0.2) is 0 Å². The molecule has 0 aromatic carbocycles. The minimum Gasteiger partial charge on any atom is -0.444 e. The lowest BCUT2D eigenvalue weighted by Gasteiger charge is -2.23. The minimum atomic E-state index is -2.58. The molecule has 1 aromatic rings. The highest BCUT2D eigenvalue weighted by Gasteiger charge is 2.41. The molecule has 0 radical (unpaired) electrons. The molecule has 2 heterocycles. The minimum absolute atomic E-state index is 0.0257. The number of hydrogen-bond acceptors (Lipinski definition) is 6. The van der Waals surface area contributed by atoms with Gasteiger partial charge in [0, 0.05) is 19.0 Å². The molecule has 1 fully saturated rings. The van der Waals surface area contributed by atoms with Crippen molar-refractivity contribution in [2.75, 3.05) is 18.0 Å². The molecule has 0 unspecified atom stereocenters. The normalized spacial score (nSPS) is 21.6. The summed E-state index contributed by atoms with van der Waals surface area (Å²) in [7, 11) is 0. The second-order valence-corrected chi connectivity index (χ2v) is 7.23. The molecule has 0 aliphatic carbocycles. The first-order chi connectivity index (χ1) is 11.1. The van der Waals surface area contributed by atoms with E-state index in [1.807, 2.05) is 13.8 Å². The Morgan fingerprint density at radius 3 is 2.50 bits per heavy atom. The maximum atomic E-state index is 13.3. The lowest BCUT2D eigenvalue weighted by Crippen LogP contribution is -2.44. The van der Waals surface area contributed by atoms with E-state index in [0.717, 1.165) is 0 Å². The molecule has 1 saturated heterocycles. The highest BCUT2D eigenvalue weighted by atomic mass is 19.3. The number of ether oxygens (including phenoxy) is 1. The number of alkyl carbamates (subject to hydrolysis) is 1. The van der Waals surface area contributed by atoms with Gasteiger partial charge in [-0.15, -0.1) is 5.10 Å². The lowest BCUT2D eigenvalue weighted by molar-refractivity contribution is 0.0410. The van der Waals surface area contributed by atoms with Gasteiger partial charge in [0.25, 0.3) is 0 Å². The zero-order valence-electron chi connectivity index (χ0n) is 14.5. The van der Waals surface area contributed by atoms with E-state index in [0.29, 0.717) is 5.89 Å². The van der Waals surface area contributed by atoms with Gasteiger partial charge in [0.2, 0.25) is 12.3 Å². The number of amides is 1. The Balaban J connectivity index is 2.06. The highest BCUT2D eigenvalue weighted by molar-refractivity contribution is 5.68. The van der Waals surface area contributed by atoms with Crippen LogP contribution in [-0.2, 0) is 4.74 Å². The summed E-state index contributed by atoms with van der Waals surface area (Å²) in [6.45, 7) is 9.12. The number of carbonyl (C=O) groups is 1. The van der Waals surface area contributed by atoms with Crippen molar-refractivity contribution in [1.82, 2.24) is 15.5 Å². The fourth-order valence-corrected chi connectivity index (χ4v) is 2.44. The van der Waals surface area contributed by atoms with Crippen LogP contribution in [0, 0.1) is 5.92 Å². The molecule has 0 spiro atoms. The van der Waals surface area contributed by atoms with Gasteiger partial charge in [-0.3, -0.25) is 0 Å². The Labute approximate surface area is 139 Å². The number of nitrogens with one attached hydrogen (secondary N) is 1. The predicted molar refractivity (Wildman–Crippen MR) is 83.3 cm³/mol. The van der Waals surface area contributed by atoms with Gasteiger partial charge >= 0.3 is 12.1 Å². The molecule has 1 aliphatic heterocycles. The third kappa shape index (κ3) is 4.55. The van der Waals surface area contributed by atoms with Crippen LogP contribution < -0.4 is 10.2 Å². The van der Waals surface area contributed by atoms with Gasteiger partial charge in [-0.1, -0.05) is 18.9 Å². The molecular weight excluding hydrogens is 322 g/mol. The number of anilines is 1. The molecular formula is C15H24F2N4O3. The van der Waals surface area contributed by atoms with Gasteiger partial charge in [-0.05, 0) is 20.8 Å². The summed E-state index contributed by atoms with van der Waals surface area (Å²) in [4.78, 5) is 13.4. The first-order valence-corrected chi connectivity index (χ1v) is 7.93. The van der Waals surface area contributed by atoms with E-state index in [1.54, 1.807) is 25.7 Å². The van der Waals surface area contributed by atoms with Crippen molar-refractivity contribution >= 4 is 12.1 Å². The van der Waals surface area contributed by atoms with Crippen LogP contribution in [0.4, 0.5) is 19.6 Å². The molecule has 136 valence electrons. The van der Waals surface area contributed by atoms with Crippen molar-refractivity contribution in [1.29, 1.82) is 0 Å². The maximum Gasteiger partial charge on any atom is 0.407 e. The number of rotatable bonds is 4. The van der Waals surface area contributed by atoms with E-state index in [2.05, 4.69) is 15.5 Å². The van der Waals surface area contributed by atoms with Crippen LogP contribution >= 0.6 is 0 Å². The second kappa shape index (κ2) is 6.90. The molecule has 1 aromatic heterocycles. The van der Waals surface area contributed by atoms with E-state index in [1.165, 1.54) is 0 Å². The topological polar surface area (TPSA) is 80.5 Å². The Kier molecular flexibility index (Phi) is 5.29. The van der Waals surface area contributed by atoms with Crippen LogP contribution in [0.2, 0.25) is 0 Å². The van der Waals surface area contributed by atoms with Crippen molar-refractivity contribution < 1.29 is 22.7 Å². The van der Waals surface area contributed by atoms with E-state index in [-0.39, 0.29) is 25.0 Å². The monoisotopic (exact) mass is 346 g/mol. The third-order valence-corrected chi connectivity index (χ3v) is 3.59. The number of carbonyl (C=O) groups excluding carboxylic acids is 1. The first-order valence-electron chi connectivity index (χ1n) is 7.93. The molecule has 1 aliphatic rings. The standard InChI is InChI=1S/C15H24F2N4O3/c1-8(2)12-19-20-13(23-12)21-6-9(11(16)17)10(7-21)18-14(22)24-15(3,4)5/h8-11H,6-7H2,1-5H3,(H,18,22)/t9-,10-/m1/s1. The van der Waals surface area contributed by atoms with Crippen LogP contribution in [0.5, 0.6) is 0 Å². The molecule has 0 bridgehead atoms. The van der Waals surface area contributed by atoms with Crippen molar-refractivity contribution in [2.24, 2.45) is 5.92 Å². The third-order valence-electron chi connectivity index (χ3n) is 3.59. The van der Waals surface area contributed by atoms with Gasteiger partial charge in [0.1, 0.15) is 5.60 Å². The number of halogens is 2. The Morgan fingerprint density at radius 1 is 1.33 bits per heavy atom. The summed E-state index contributed by atoms with van der Waals surface area (Å²) < 4.78 is 37.3. The number of hydrogen-bond donors (Lipinski definition) is 1. The second-order valence-electron chi connectivity index (χ2n) is 7.23. The van der Waals surface area contributed by atoms with Gasteiger partial charge < -0.3 is 19.4 Å². The zero-order chi connectivity index (χ0) is 18.1. The number of aromatic nitrogens is 2. The Hall–Kier alpha value is -1.93. The first kappa shape index (κ1) is 18.4. The Morgan fingerprint density at radius 2 is 2.00 bits per heavy atom. The average Bonchev–Trinajstić information content (AvgIpc) is 3.01. The molecule has 9 heteroatoms. The summed E-state index contributed by atoms with van der Waals surface area (Å²) in [6.07, 6.45) is -3.30. The summed E-state index contributed by atoms with van der Waals surface area (Å²) >= 11 is 0. The summed E-state index contributed by atoms with van der Waals surface area (Å²) in [5.74, 6) is -0.537. The summed E-state index contributed by atoms with van der Waals surface area (Å²) in [5.41, 5.74) is -0.693. The largest absolute Gasteiger partial charge is 0.444 e. The number of nitrogens with zero attached hydrogens (tertiary/aromatic N) is 3. The highest BCUT2D eigenvalue weighted by Crippen LogP contribution is 2.28. The predicted octanol–water partition coefficient (Wildman–Crippen LogP) is 2.79. The quantitative estimate of drug-likeness (QED) is 0.903. The van der Waals surface area contributed by atoms with Crippen LogP contribution in [0.25, 0.3) is 0 Å². The van der Waals surface area contributed by atoms with Crippen LogP contribution in [-0.4, -0.2) is 47.4 Å². The van der Waals surface area contributed by atoms with Crippen molar-refractivity contribution in [3.05, 3.63) is 5.89 Å². The molecule has 2 rings (SSSR count). The molecule has 1 N–H and O–H groups in total. The number of alkyl halides is 2. The SMILES string of the molecule is CC(C)c1nnc(N2C[C@@H](NC(=O)OC(C)(C)C)[C@H](C(F)F)C2)o1.